The fourth-order valence-corrected chi connectivity index (χ4v) is 7.58. The van der Waals surface area contributed by atoms with Gasteiger partial charge in [-0.1, -0.05) is 245 Å². The Morgan fingerprint density at radius 1 is 0.412 bits per heavy atom. The summed E-state index contributed by atoms with van der Waals surface area (Å²) < 4.78 is 0. The summed E-state index contributed by atoms with van der Waals surface area (Å²) in [4.78, 5) is 12.4. The van der Waals surface area contributed by atoms with E-state index in [1.165, 1.54) is 205 Å². The first-order chi connectivity index (χ1) is 25.1. The first kappa shape index (κ1) is 50.4. The van der Waals surface area contributed by atoms with Gasteiger partial charge in [-0.05, 0) is 12.8 Å². The predicted octanol–water partition coefficient (Wildman–Crippen LogP) is 13.4. The van der Waals surface area contributed by atoms with Crippen molar-refractivity contribution in [2.75, 3.05) is 6.61 Å². The number of hydrogen-bond acceptors (Lipinski definition) is 4. The van der Waals surface area contributed by atoms with E-state index < -0.39 is 18.2 Å². The number of amides is 1. The summed E-state index contributed by atoms with van der Waals surface area (Å²) in [5.74, 6) is -0.139. The van der Waals surface area contributed by atoms with Gasteiger partial charge in [-0.3, -0.25) is 4.79 Å². The zero-order valence-electron chi connectivity index (χ0n) is 34.8. The number of unbranched alkanes of at least 4 members (excludes halogenated alkanes) is 35. The number of nitrogens with one attached hydrogen (secondary N) is 1. The maximum absolute atomic E-state index is 12.4. The number of carbonyl (C=O) groups excluding carboxylic acids is 1. The van der Waals surface area contributed by atoms with E-state index in [4.69, 9.17) is 0 Å². The number of carbonyl (C=O) groups is 1. The van der Waals surface area contributed by atoms with Gasteiger partial charge in [-0.2, -0.15) is 0 Å². The highest BCUT2D eigenvalue weighted by Gasteiger charge is 2.26. The molecule has 0 saturated heterocycles. The molecule has 0 bridgehead atoms. The summed E-state index contributed by atoms with van der Waals surface area (Å²) in [6.07, 6.45) is 47.8. The quantitative estimate of drug-likeness (QED) is 0.0472. The Morgan fingerprint density at radius 3 is 0.941 bits per heavy atom. The van der Waals surface area contributed by atoms with E-state index in [1.807, 2.05) is 0 Å². The minimum absolute atomic E-state index is 0.139. The Kier molecular flexibility index (Phi) is 41.6. The average Bonchev–Trinajstić information content (AvgIpc) is 3.13. The van der Waals surface area contributed by atoms with Crippen LogP contribution in [0.5, 0.6) is 0 Å². The van der Waals surface area contributed by atoms with Crippen molar-refractivity contribution in [3.8, 4) is 0 Å². The zero-order valence-corrected chi connectivity index (χ0v) is 34.8. The highest BCUT2D eigenvalue weighted by Crippen LogP contribution is 2.17. The van der Waals surface area contributed by atoms with Crippen LogP contribution < -0.4 is 5.32 Å². The smallest absolute Gasteiger partial charge is 0.220 e. The fourth-order valence-electron chi connectivity index (χ4n) is 7.58. The predicted molar refractivity (Wildman–Crippen MR) is 222 cm³/mol. The van der Waals surface area contributed by atoms with Crippen LogP contribution >= 0.6 is 0 Å². The number of hydrogen-bond donors (Lipinski definition) is 4. The molecule has 51 heavy (non-hydrogen) atoms. The molecule has 5 heteroatoms. The second kappa shape index (κ2) is 42.1. The molecule has 0 fully saturated rings. The van der Waals surface area contributed by atoms with E-state index in [1.54, 1.807) is 0 Å². The van der Waals surface area contributed by atoms with Gasteiger partial charge in [0.1, 0.15) is 6.10 Å². The molecule has 0 aliphatic rings. The van der Waals surface area contributed by atoms with Crippen LogP contribution in [0.3, 0.4) is 0 Å². The molecule has 1 amide bonds. The van der Waals surface area contributed by atoms with Crippen LogP contribution in [0.15, 0.2) is 0 Å². The minimum Gasteiger partial charge on any atom is -0.394 e. The van der Waals surface area contributed by atoms with Gasteiger partial charge in [0.05, 0.1) is 18.8 Å². The van der Waals surface area contributed by atoms with Gasteiger partial charge in [0.25, 0.3) is 0 Å². The van der Waals surface area contributed by atoms with Crippen LogP contribution in [0.1, 0.15) is 264 Å². The van der Waals surface area contributed by atoms with Crippen LogP contribution in [0.2, 0.25) is 0 Å². The highest BCUT2D eigenvalue weighted by atomic mass is 16.3. The van der Waals surface area contributed by atoms with Crippen molar-refractivity contribution in [3.63, 3.8) is 0 Å². The maximum Gasteiger partial charge on any atom is 0.220 e. The van der Waals surface area contributed by atoms with E-state index in [0.29, 0.717) is 12.8 Å². The molecule has 0 rings (SSSR count). The molecule has 0 spiro atoms. The van der Waals surface area contributed by atoms with Crippen LogP contribution in [0, 0.1) is 0 Å². The molecule has 5 nitrogen and oxygen atoms in total. The Hall–Kier alpha value is -0.650. The van der Waals surface area contributed by atoms with Crippen molar-refractivity contribution in [1.82, 2.24) is 5.32 Å². The molecular formula is C46H93NO4. The lowest BCUT2D eigenvalue weighted by molar-refractivity contribution is -0.124. The molecule has 3 unspecified atom stereocenters. The van der Waals surface area contributed by atoms with Gasteiger partial charge in [0.2, 0.25) is 5.91 Å². The third-order valence-electron chi connectivity index (χ3n) is 11.2. The van der Waals surface area contributed by atoms with Crippen LogP contribution in [-0.4, -0.2) is 46.1 Å². The lowest BCUT2D eigenvalue weighted by atomic mass is 9.99. The lowest BCUT2D eigenvalue weighted by Crippen LogP contribution is -2.50. The lowest BCUT2D eigenvalue weighted by Gasteiger charge is -2.26. The minimum atomic E-state index is -1.13. The summed E-state index contributed by atoms with van der Waals surface area (Å²) in [6.45, 7) is 4.21. The molecule has 306 valence electrons. The van der Waals surface area contributed by atoms with Gasteiger partial charge in [0.15, 0.2) is 0 Å². The average molecular weight is 724 g/mol. The van der Waals surface area contributed by atoms with Gasteiger partial charge in [0, 0.05) is 6.42 Å². The van der Waals surface area contributed by atoms with Crippen molar-refractivity contribution >= 4 is 5.91 Å². The fraction of sp³-hybridized carbons (Fsp3) is 0.978. The molecule has 0 saturated carbocycles. The summed E-state index contributed by atoms with van der Waals surface area (Å²) in [5.41, 5.74) is 0. The van der Waals surface area contributed by atoms with E-state index in [-0.39, 0.29) is 12.5 Å². The summed E-state index contributed by atoms with van der Waals surface area (Å²) in [6, 6.07) is -0.802. The standard InChI is InChI=1S/C46H93NO4/c1-3-5-7-9-11-13-15-17-19-21-22-23-25-26-28-30-32-34-36-38-40-44(49)46(51)43(42-48)47-45(50)41-39-37-35-33-31-29-27-24-20-18-16-14-12-10-8-6-4-2/h43-44,46,48-49,51H,3-42H2,1-2H3,(H,47,50). The van der Waals surface area contributed by atoms with Crippen molar-refractivity contribution in [2.24, 2.45) is 0 Å². The normalized spacial score (nSPS) is 13.4. The molecule has 4 N–H and O–H groups in total. The molecule has 0 aliphatic carbocycles. The zero-order chi connectivity index (χ0) is 37.3. The van der Waals surface area contributed by atoms with Gasteiger partial charge < -0.3 is 20.6 Å². The van der Waals surface area contributed by atoms with E-state index in [0.717, 1.165) is 32.1 Å². The molecule has 0 aromatic carbocycles. The second-order valence-corrected chi connectivity index (χ2v) is 16.3. The summed E-state index contributed by atoms with van der Waals surface area (Å²) in [7, 11) is 0. The van der Waals surface area contributed by atoms with Crippen LogP contribution in [0.4, 0.5) is 0 Å². The monoisotopic (exact) mass is 724 g/mol. The Bertz CT molecular complexity index is 674. The first-order valence-corrected chi connectivity index (χ1v) is 23.3. The van der Waals surface area contributed by atoms with Crippen molar-refractivity contribution in [2.45, 2.75) is 283 Å². The number of aliphatic hydroxyl groups excluding tert-OH is 3. The summed E-state index contributed by atoms with van der Waals surface area (Å²) in [5, 5.41) is 33.6. The molecule has 0 aliphatic heterocycles. The van der Waals surface area contributed by atoms with Crippen molar-refractivity contribution in [1.29, 1.82) is 0 Å². The van der Waals surface area contributed by atoms with Crippen molar-refractivity contribution < 1.29 is 20.1 Å². The molecule has 3 atom stereocenters. The number of rotatable bonds is 43. The molecular weight excluding hydrogens is 631 g/mol. The molecule has 0 aromatic heterocycles. The van der Waals surface area contributed by atoms with E-state index in [2.05, 4.69) is 19.2 Å². The molecule has 0 radical (unpaired) electrons. The Balaban J connectivity index is 3.56. The molecule has 0 aromatic rings. The first-order valence-electron chi connectivity index (χ1n) is 23.3. The number of aliphatic hydroxyl groups is 3. The Morgan fingerprint density at radius 2 is 0.667 bits per heavy atom. The van der Waals surface area contributed by atoms with Gasteiger partial charge >= 0.3 is 0 Å². The maximum atomic E-state index is 12.4. The van der Waals surface area contributed by atoms with E-state index in [9.17, 15) is 20.1 Å². The highest BCUT2D eigenvalue weighted by molar-refractivity contribution is 5.76. The van der Waals surface area contributed by atoms with Gasteiger partial charge in [-0.15, -0.1) is 0 Å². The topological polar surface area (TPSA) is 89.8 Å². The Labute approximate surface area is 319 Å². The van der Waals surface area contributed by atoms with E-state index >= 15 is 0 Å². The van der Waals surface area contributed by atoms with Crippen molar-refractivity contribution in [3.05, 3.63) is 0 Å². The second-order valence-electron chi connectivity index (χ2n) is 16.3. The SMILES string of the molecule is CCCCCCCCCCCCCCCCCCCCCCC(O)C(O)C(CO)NC(=O)CCCCCCCCCCCCCCCCCCC. The third kappa shape index (κ3) is 37.5. The summed E-state index contributed by atoms with van der Waals surface area (Å²) >= 11 is 0. The molecule has 0 heterocycles. The van der Waals surface area contributed by atoms with Crippen LogP contribution in [-0.2, 0) is 4.79 Å². The van der Waals surface area contributed by atoms with Crippen LogP contribution in [0.25, 0.3) is 0 Å². The largest absolute Gasteiger partial charge is 0.394 e. The third-order valence-corrected chi connectivity index (χ3v) is 11.2. The van der Waals surface area contributed by atoms with Gasteiger partial charge in [-0.25, -0.2) is 0 Å².